The van der Waals surface area contributed by atoms with Gasteiger partial charge in [0.2, 0.25) is 0 Å². The number of hydrogen-bond acceptors (Lipinski definition) is 2. The molecule has 1 aromatic heterocycles. The van der Waals surface area contributed by atoms with Gasteiger partial charge in [0, 0.05) is 24.2 Å². The molecule has 0 bridgehead atoms. The third-order valence-corrected chi connectivity index (χ3v) is 3.67. The van der Waals surface area contributed by atoms with Gasteiger partial charge in [-0.15, -0.1) is 0 Å². The van der Waals surface area contributed by atoms with E-state index in [4.69, 9.17) is 0 Å². The van der Waals surface area contributed by atoms with Gasteiger partial charge in [-0.05, 0) is 25.6 Å². The molecule has 3 unspecified atom stereocenters. The zero-order valence-electron chi connectivity index (χ0n) is 10.5. The number of fused-ring (bicyclic) bond motifs is 1. The van der Waals surface area contributed by atoms with Crippen molar-refractivity contribution in [2.75, 3.05) is 13.6 Å². The third kappa shape index (κ3) is 2.14. The molecule has 3 atom stereocenters. The van der Waals surface area contributed by atoms with Crippen LogP contribution >= 0.6 is 0 Å². The summed E-state index contributed by atoms with van der Waals surface area (Å²) in [7, 11) is 1.94. The Morgan fingerprint density at radius 1 is 1.44 bits per heavy atom. The van der Waals surface area contributed by atoms with Crippen LogP contribution in [-0.2, 0) is 0 Å². The molecule has 1 aliphatic rings. The molecule has 3 nitrogen and oxygen atoms in total. The lowest BCUT2D eigenvalue weighted by Crippen LogP contribution is -2.32. The summed E-state index contributed by atoms with van der Waals surface area (Å²) in [5, 5.41) is 9.27. The van der Waals surface area contributed by atoms with Gasteiger partial charge in [0.25, 0.3) is 0 Å². The maximum atomic E-state index is 12.5. The first-order valence-electron chi connectivity index (χ1n) is 5.89. The minimum atomic E-state index is -4.63. The van der Waals surface area contributed by atoms with Gasteiger partial charge < -0.3 is 10.1 Å². The Labute approximate surface area is 104 Å². The summed E-state index contributed by atoms with van der Waals surface area (Å²) in [6, 6.07) is 1.49. The largest absolute Gasteiger partial charge is 0.420 e. The smallest absolute Gasteiger partial charge is 0.378 e. The second-order valence-electron chi connectivity index (χ2n) is 5.05. The van der Waals surface area contributed by atoms with Gasteiger partial charge in [-0.1, -0.05) is 6.92 Å². The van der Waals surface area contributed by atoms with E-state index in [0.717, 1.165) is 17.8 Å². The number of rotatable bonds is 1. The fourth-order valence-electron chi connectivity index (χ4n) is 2.50. The number of nitrogens with zero attached hydrogens (tertiary/aromatic N) is 1. The quantitative estimate of drug-likeness (QED) is 0.816. The lowest BCUT2D eigenvalue weighted by atomic mass is 9.93. The van der Waals surface area contributed by atoms with Crippen molar-refractivity contribution >= 4 is 0 Å². The molecular weight excluding hydrogens is 245 g/mol. The van der Waals surface area contributed by atoms with Gasteiger partial charge >= 0.3 is 6.18 Å². The highest BCUT2D eigenvalue weighted by Gasteiger charge is 2.41. The third-order valence-electron chi connectivity index (χ3n) is 3.67. The van der Waals surface area contributed by atoms with E-state index in [2.05, 4.69) is 9.88 Å². The molecule has 6 heteroatoms. The number of aromatic amines is 1. The average Bonchev–Trinajstić information content (AvgIpc) is 2.69. The van der Waals surface area contributed by atoms with Crippen LogP contribution in [0.3, 0.4) is 0 Å². The van der Waals surface area contributed by atoms with Crippen molar-refractivity contribution in [1.82, 2.24) is 9.88 Å². The molecule has 102 valence electrons. The molecule has 1 aromatic rings. The van der Waals surface area contributed by atoms with Gasteiger partial charge in [0.1, 0.15) is 0 Å². The maximum Gasteiger partial charge on any atom is 0.420 e. The molecule has 0 spiro atoms. The normalized spacial score (nSPS) is 27.1. The Bertz CT molecular complexity index is 441. The Balaban J connectivity index is 2.39. The van der Waals surface area contributed by atoms with Crippen LogP contribution in [0.25, 0.3) is 0 Å². The topological polar surface area (TPSA) is 39.3 Å². The molecule has 0 radical (unpaired) electrons. The number of likely N-dealkylation sites (N-methyl/N-ethyl adjacent to an activating group) is 1. The van der Waals surface area contributed by atoms with Crippen LogP contribution in [0, 0.1) is 0 Å². The first-order chi connectivity index (χ1) is 8.21. The first kappa shape index (κ1) is 13.4. The second-order valence-corrected chi connectivity index (χ2v) is 5.05. The van der Waals surface area contributed by atoms with Crippen molar-refractivity contribution < 1.29 is 18.3 Å². The summed E-state index contributed by atoms with van der Waals surface area (Å²) in [6.45, 7) is 4.69. The predicted molar refractivity (Wildman–Crippen MR) is 61.3 cm³/mol. The summed E-state index contributed by atoms with van der Waals surface area (Å²) in [6.07, 6.45) is -7.07. The van der Waals surface area contributed by atoms with Crippen LogP contribution in [0.15, 0.2) is 6.07 Å². The monoisotopic (exact) mass is 262 g/mol. The number of alkyl halides is 3. The Morgan fingerprint density at radius 2 is 2.06 bits per heavy atom. The molecule has 2 heterocycles. The van der Waals surface area contributed by atoms with E-state index in [-0.39, 0.29) is 17.7 Å². The molecule has 2 rings (SSSR count). The molecule has 0 aromatic carbocycles. The first-order valence-corrected chi connectivity index (χ1v) is 5.89. The maximum absolute atomic E-state index is 12.5. The number of halogens is 3. The van der Waals surface area contributed by atoms with Crippen molar-refractivity contribution in [2.24, 2.45) is 0 Å². The Morgan fingerprint density at radius 3 is 2.61 bits per heavy atom. The van der Waals surface area contributed by atoms with Crippen LogP contribution in [0.5, 0.6) is 0 Å². The molecular formula is C12H17F3N2O. The van der Waals surface area contributed by atoms with Crippen molar-refractivity contribution in [3.63, 3.8) is 0 Å². The van der Waals surface area contributed by atoms with Crippen LogP contribution in [0.2, 0.25) is 0 Å². The van der Waals surface area contributed by atoms with Crippen LogP contribution in [0.1, 0.15) is 48.9 Å². The minimum Gasteiger partial charge on any atom is -0.378 e. The fourth-order valence-corrected chi connectivity index (χ4v) is 2.50. The Kier molecular flexibility index (Phi) is 3.19. The number of aliphatic hydroxyl groups is 1. The molecule has 18 heavy (non-hydrogen) atoms. The average molecular weight is 262 g/mol. The lowest BCUT2D eigenvalue weighted by molar-refractivity contribution is -0.207. The SMILES string of the molecule is CC1CN(C)C(C)c2cc(C(O)C(F)(F)F)[nH]c21. The second kappa shape index (κ2) is 4.28. The van der Waals surface area contributed by atoms with Crippen molar-refractivity contribution in [3.8, 4) is 0 Å². The number of aromatic nitrogens is 1. The van der Waals surface area contributed by atoms with E-state index in [0.29, 0.717) is 0 Å². The molecule has 0 saturated heterocycles. The predicted octanol–water partition coefficient (Wildman–Crippen LogP) is 2.72. The molecule has 0 aliphatic carbocycles. The van der Waals surface area contributed by atoms with Crippen molar-refractivity contribution in [3.05, 3.63) is 23.0 Å². The van der Waals surface area contributed by atoms with E-state index in [1.165, 1.54) is 6.07 Å². The van der Waals surface area contributed by atoms with Gasteiger partial charge in [-0.25, -0.2) is 0 Å². The number of hydrogen-bond donors (Lipinski definition) is 2. The van der Waals surface area contributed by atoms with Crippen LogP contribution in [-0.4, -0.2) is 34.8 Å². The summed E-state index contributed by atoms with van der Waals surface area (Å²) >= 11 is 0. The molecule has 0 saturated carbocycles. The zero-order chi connectivity index (χ0) is 13.7. The summed E-state index contributed by atoms with van der Waals surface area (Å²) < 4.78 is 37.5. The van der Waals surface area contributed by atoms with E-state index in [1.807, 2.05) is 20.9 Å². The summed E-state index contributed by atoms with van der Waals surface area (Å²) in [5.41, 5.74) is 1.48. The van der Waals surface area contributed by atoms with Crippen LogP contribution in [0.4, 0.5) is 13.2 Å². The number of nitrogens with one attached hydrogen (secondary N) is 1. The number of H-pyrrole nitrogens is 1. The van der Waals surface area contributed by atoms with E-state index >= 15 is 0 Å². The highest BCUT2D eigenvalue weighted by Crippen LogP contribution is 2.39. The Hall–Kier alpha value is -1.01. The van der Waals surface area contributed by atoms with E-state index < -0.39 is 12.3 Å². The highest BCUT2D eigenvalue weighted by molar-refractivity contribution is 5.34. The van der Waals surface area contributed by atoms with Crippen molar-refractivity contribution in [1.29, 1.82) is 0 Å². The van der Waals surface area contributed by atoms with Crippen LogP contribution < -0.4 is 0 Å². The van der Waals surface area contributed by atoms with Gasteiger partial charge in [-0.2, -0.15) is 13.2 Å². The standard InChI is InChI=1S/C12H17F3N2O/c1-6-5-17(3)7(2)8-4-9(16-10(6)8)11(18)12(13,14)15/h4,6-7,11,16,18H,5H2,1-3H3. The summed E-state index contributed by atoms with van der Waals surface area (Å²) in [4.78, 5) is 4.83. The molecule has 0 amide bonds. The highest BCUT2D eigenvalue weighted by atomic mass is 19.4. The van der Waals surface area contributed by atoms with Gasteiger partial charge in [0.05, 0.1) is 5.69 Å². The zero-order valence-corrected chi connectivity index (χ0v) is 10.5. The van der Waals surface area contributed by atoms with Crippen molar-refractivity contribution in [2.45, 2.75) is 38.1 Å². The minimum absolute atomic E-state index is 0.0571. The molecule has 2 N–H and O–H groups in total. The molecule has 1 aliphatic heterocycles. The van der Waals surface area contributed by atoms with Gasteiger partial charge in [0.15, 0.2) is 6.10 Å². The van der Waals surface area contributed by atoms with E-state index in [1.54, 1.807) is 0 Å². The fraction of sp³-hybridized carbons (Fsp3) is 0.667. The lowest BCUT2D eigenvalue weighted by Gasteiger charge is -2.33. The summed E-state index contributed by atoms with van der Waals surface area (Å²) in [5.74, 6) is 0.135. The van der Waals surface area contributed by atoms with Gasteiger partial charge in [-0.3, -0.25) is 4.90 Å². The molecule has 0 fully saturated rings. The van der Waals surface area contributed by atoms with E-state index in [9.17, 15) is 18.3 Å². The number of aliphatic hydroxyl groups excluding tert-OH is 1.